The van der Waals surface area contributed by atoms with E-state index in [9.17, 15) is 14.2 Å². The SMILES string of the molecule is CCCSc1sc(N)nc1-c1ccc(P(=O)(N[C@@H](C)C(=O)OC(C)C)N[C@@H](C)C(=O)OC(C)C)o1. The Bertz CT molecular complexity index is 1020. The molecule has 2 aromatic rings. The number of nitrogens with one attached hydrogen (secondary N) is 2. The van der Waals surface area contributed by atoms with E-state index in [4.69, 9.17) is 19.6 Å². The van der Waals surface area contributed by atoms with Gasteiger partial charge in [-0.1, -0.05) is 18.3 Å². The number of nitrogens with two attached hydrogens (primary N) is 1. The number of esters is 2. The van der Waals surface area contributed by atoms with Gasteiger partial charge in [0.15, 0.2) is 16.4 Å². The van der Waals surface area contributed by atoms with Gasteiger partial charge in [-0.15, -0.1) is 11.8 Å². The zero-order valence-electron chi connectivity index (χ0n) is 21.1. The Morgan fingerprint density at radius 1 is 1.09 bits per heavy atom. The predicted octanol–water partition coefficient (Wildman–Crippen LogP) is 4.17. The molecule has 4 N–H and O–H groups in total. The maximum Gasteiger partial charge on any atom is 0.323 e. The first kappa shape index (κ1) is 29.4. The van der Waals surface area contributed by atoms with Crippen LogP contribution in [0, 0.1) is 0 Å². The molecule has 0 unspecified atom stereocenters. The number of thiazole rings is 1. The molecule has 0 aliphatic heterocycles. The van der Waals surface area contributed by atoms with E-state index in [2.05, 4.69) is 22.1 Å². The molecule has 2 atom stereocenters. The second-order valence-corrected chi connectivity index (χ2v) is 13.0. The van der Waals surface area contributed by atoms with Crippen molar-refractivity contribution in [1.82, 2.24) is 15.2 Å². The van der Waals surface area contributed by atoms with Crippen LogP contribution in [0.5, 0.6) is 0 Å². The molecule has 2 rings (SSSR count). The Kier molecular flexibility index (Phi) is 10.8. The van der Waals surface area contributed by atoms with Gasteiger partial charge < -0.3 is 19.6 Å². The van der Waals surface area contributed by atoms with Crippen LogP contribution in [0.25, 0.3) is 11.5 Å². The molecule has 0 aliphatic rings. The fourth-order valence-electron chi connectivity index (χ4n) is 2.88. The molecule has 2 heterocycles. The maximum absolute atomic E-state index is 14.1. The van der Waals surface area contributed by atoms with Crippen LogP contribution in [0.15, 0.2) is 20.8 Å². The molecule has 35 heavy (non-hydrogen) atoms. The van der Waals surface area contributed by atoms with E-state index in [1.807, 2.05) is 0 Å². The number of anilines is 1. The summed E-state index contributed by atoms with van der Waals surface area (Å²) in [6, 6.07) is 1.26. The topological polar surface area (TPSA) is 146 Å². The number of furan rings is 1. The van der Waals surface area contributed by atoms with Gasteiger partial charge in [-0.2, -0.15) is 0 Å². The van der Waals surface area contributed by atoms with E-state index in [1.54, 1.807) is 45.5 Å². The highest BCUT2D eigenvalue weighted by atomic mass is 32.2. The Balaban J connectivity index is 2.40. The first-order valence-corrected chi connectivity index (χ1v) is 14.9. The van der Waals surface area contributed by atoms with Crippen LogP contribution >= 0.6 is 30.5 Å². The summed E-state index contributed by atoms with van der Waals surface area (Å²) in [5, 5.41) is 5.98. The van der Waals surface area contributed by atoms with Crippen molar-refractivity contribution in [2.75, 3.05) is 11.5 Å². The average molecular weight is 547 g/mol. The average Bonchev–Trinajstić information content (AvgIpc) is 3.38. The van der Waals surface area contributed by atoms with Gasteiger partial charge in [-0.3, -0.25) is 14.2 Å². The van der Waals surface area contributed by atoms with Crippen LogP contribution in [0.1, 0.15) is 54.9 Å². The van der Waals surface area contributed by atoms with Crippen LogP contribution in [-0.2, 0) is 23.6 Å². The summed E-state index contributed by atoms with van der Waals surface area (Å²) in [5.74, 6) is 0.0908. The van der Waals surface area contributed by atoms with Crippen LogP contribution in [0.3, 0.4) is 0 Å². The molecule has 0 saturated carbocycles. The van der Waals surface area contributed by atoms with Crippen molar-refractivity contribution in [3.05, 3.63) is 12.1 Å². The van der Waals surface area contributed by atoms with E-state index < -0.39 is 31.5 Å². The van der Waals surface area contributed by atoms with Gasteiger partial charge in [0.25, 0.3) is 7.44 Å². The Morgan fingerprint density at radius 2 is 1.63 bits per heavy atom. The van der Waals surface area contributed by atoms with E-state index in [0.29, 0.717) is 16.6 Å². The number of thioether (sulfide) groups is 1. The quantitative estimate of drug-likeness (QED) is 0.189. The van der Waals surface area contributed by atoms with Crippen LogP contribution in [-0.4, -0.2) is 47.0 Å². The van der Waals surface area contributed by atoms with E-state index in [1.165, 1.54) is 31.3 Å². The second kappa shape index (κ2) is 12.9. The summed E-state index contributed by atoms with van der Waals surface area (Å²) in [4.78, 5) is 29.2. The van der Waals surface area contributed by atoms with Crippen molar-refractivity contribution in [2.45, 2.75) is 83.4 Å². The Morgan fingerprint density at radius 3 is 2.11 bits per heavy atom. The third-order valence-corrected chi connectivity index (χ3v) is 9.06. The molecule has 13 heteroatoms. The van der Waals surface area contributed by atoms with Crippen molar-refractivity contribution in [3.8, 4) is 11.5 Å². The minimum absolute atomic E-state index is 0.0268. The van der Waals surface area contributed by atoms with Crippen molar-refractivity contribution in [1.29, 1.82) is 0 Å². The summed E-state index contributed by atoms with van der Waals surface area (Å²) in [5.41, 5.74) is 6.51. The summed E-state index contributed by atoms with van der Waals surface area (Å²) >= 11 is 2.97. The van der Waals surface area contributed by atoms with Gasteiger partial charge in [0, 0.05) is 0 Å². The number of nitrogen functional groups attached to an aromatic ring is 1. The maximum atomic E-state index is 14.1. The zero-order chi connectivity index (χ0) is 26.3. The van der Waals surface area contributed by atoms with Crippen molar-refractivity contribution in [3.63, 3.8) is 0 Å². The van der Waals surface area contributed by atoms with Gasteiger partial charge >= 0.3 is 11.9 Å². The molecule has 0 aromatic carbocycles. The van der Waals surface area contributed by atoms with E-state index >= 15 is 0 Å². The first-order chi connectivity index (χ1) is 16.4. The summed E-state index contributed by atoms with van der Waals surface area (Å²) in [6.45, 7) is 12.0. The minimum atomic E-state index is -3.84. The number of ether oxygens (including phenoxy) is 2. The fraction of sp³-hybridized carbons (Fsp3) is 0.591. The van der Waals surface area contributed by atoms with Crippen LogP contribution < -0.4 is 21.4 Å². The lowest BCUT2D eigenvalue weighted by Crippen LogP contribution is -2.45. The van der Waals surface area contributed by atoms with Crippen molar-refractivity contribution < 1.29 is 28.0 Å². The molecule has 0 bridgehead atoms. The third kappa shape index (κ3) is 8.35. The number of carbonyl (C=O) groups is 2. The molecule has 196 valence electrons. The molecule has 2 aromatic heterocycles. The molecule has 0 fully saturated rings. The molecule has 10 nitrogen and oxygen atoms in total. The molecule has 0 spiro atoms. The van der Waals surface area contributed by atoms with Gasteiger partial charge in [0.2, 0.25) is 0 Å². The fourth-order valence-corrected chi connectivity index (χ4v) is 7.00. The smallest absolute Gasteiger partial charge is 0.323 e. The zero-order valence-corrected chi connectivity index (χ0v) is 23.6. The van der Waals surface area contributed by atoms with Crippen molar-refractivity contribution >= 4 is 53.1 Å². The lowest BCUT2D eigenvalue weighted by molar-refractivity contribution is -0.149. The highest BCUT2D eigenvalue weighted by Crippen LogP contribution is 2.42. The number of nitrogens with zero attached hydrogens (tertiary/aromatic N) is 1. The van der Waals surface area contributed by atoms with Crippen LogP contribution in [0.2, 0.25) is 0 Å². The molecule has 0 radical (unpaired) electrons. The van der Waals surface area contributed by atoms with E-state index in [-0.39, 0.29) is 17.7 Å². The first-order valence-electron chi connectivity index (χ1n) is 11.4. The van der Waals surface area contributed by atoms with Gasteiger partial charge in [0.1, 0.15) is 17.8 Å². The van der Waals surface area contributed by atoms with Gasteiger partial charge in [-0.05, 0) is 65.8 Å². The van der Waals surface area contributed by atoms with E-state index in [0.717, 1.165) is 16.4 Å². The highest BCUT2D eigenvalue weighted by molar-refractivity contribution is 8.01. The molecule has 0 saturated heterocycles. The molecule has 0 aliphatic carbocycles. The summed E-state index contributed by atoms with van der Waals surface area (Å²) in [6.07, 6.45) is 0.287. The monoisotopic (exact) mass is 546 g/mol. The Labute approximate surface area is 214 Å². The largest absolute Gasteiger partial charge is 0.462 e. The predicted molar refractivity (Wildman–Crippen MR) is 140 cm³/mol. The highest BCUT2D eigenvalue weighted by Gasteiger charge is 2.37. The van der Waals surface area contributed by atoms with Gasteiger partial charge in [0.05, 0.1) is 16.4 Å². The standard InChI is InChI=1S/C22H35N4O6PS2/c1-8-11-34-21-18(24-22(23)35-21)16-9-10-17(32-16)33(29,25-14(6)19(27)30-12(2)3)26-15(7)20(28)31-13(4)5/h9-10,12-15H,8,11H2,1-7H3,(H2,23,24)(H2,25,26,29)/t14-,15-/m0/s1. The third-order valence-electron chi connectivity index (χ3n) is 4.35. The minimum Gasteiger partial charge on any atom is -0.462 e. The van der Waals surface area contributed by atoms with Gasteiger partial charge in [-0.25, -0.2) is 15.2 Å². The van der Waals surface area contributed by atoms with Crippen molar-refractivity contribution in [2.24, 2.45) is 0 Å². The lowest BCUT2D eigenvalue weighted by atomic mass is 10.4. The molecular formula is C22H35N4O6PS2. The normalized spacial score (nSPS) is 13.7. The summed E-state index contributed by atoms with van der Waals surface area (Å²) < 4.78 is 31.5. The Hall–Kier alpha value is -1.85. The van der Waals surface area contributed by atoms with Crippen LogP contribution in [0.4, 0.5) is 5.13 Å². The second-order valence-electron chi connectivity index (χ2n) is 8.46. The molecule has 0 amide bonds. The number of carbonyl (C=O) groups excluding carboxylic acids is 2. The number of aromatic nitrogens is 1. The molecular weight excluding hydrogens is 511 g/mol. The number of rotatable bonds is 13. The number of hydrogen-bond acceptors (Lipinski definition) is 10. The number of hydrogen-bond donors (Lipinski definition) is 3. The lowest BCUT2D eigenvalue weighted by Gasteiger charge is -2.25. The summed E-state index contributed by atoms with van der Waals surface area (Å²) in [7, 11) is -3.84.